The topological polar surface area (TPSA) is 64.7 Å². The molecule has 17 heavy (non-hydrogen) atoms. The van der Waals surface area contributed by atoms with Crippen molar-refractivity contribution in [3.8, 4) is 0 Å². The molecule has 4 heteroatoms. The summed E-state index contributed by atoms with van der Waals surface area (Å²) in [5.74, 6) is 2.04. The van der Waals surface area contributed by atoms with Gasteiger partial charge in [-0.05, 0) is 5.56 Å². The Labute approximate surface area is 101 Å². The lowest BCUT2D eigenvalue weighted by atomic mass is 10.1. The maximum absolute atomic E-state index is 5.69. The van der Waals surface area contributed by atoms with Crippen LogP contribution >= 0.6 is 0 Å². The van der Waals surface area contributed by atoms with Crippen molar-refractivity contribution in [2.45, 2.75) is 26.2 Å². The number of aromatic nitrogens is 3. The van der Waals surface area contributed by atoms with Gasteiger partial charge in [-0.3, -0.25) is 0 Å². The summed E-state index contributed by atoms with van der Waals surface area (Å²) in [6, 6.07) is 10.1. The molecule has 2 aromatic rings. The Morgan fingerprint density at radius 2 is 1.76 bits per heavy atom. The van der Waals surface area contributed by atoms with Crippen molar-refractivity contribution < 1.29 is 0 Å². The van der Waals surface area contributed by atoms with Gasteiger partial charge in [-0.1, -0.05) is 44.2 Å². The predicted octanol–water partition coefficient (Wildman–Crippen LogP) is 2.17. The zero-order chi connectivity index (χ0) is 12.3. The largest absolute Gasteiger partial charge is 0.368 e. The molecule has 0 saturated heterocycles. The van der Waals surface area contributed by atoms with Gasteiger partial charge in [-0.15, -0.1) is 0 Å². The van der Waals surface area contributed by atoms with Crippen LogP contribution in [-0.4, -0.2) is 15.0 Å². The van der Waals surface area contributed by atoms with E-state index in [4.69, 9.17) is 5.73 Å². The van der Waals surface area contributed by atoms with Crippen LogP contribution in [0, 0.1) is 0 Å². The molecular weight excluding hydrogens is 212 g/mol. The van der Waals surface area contributed by atoms with Crippen molar-refractivity contribution in [1.29, 1.82) is 0 Å². The van der Waals surface area contributed by atoms with Crippen LogP contribution in [0.5, 0.6) is 0 Å². The average molecular weight is 228 g/mol. The van der Waals surface area contributed by atoms with Gasteiger partial charge in [0.2, 0.25) is 5.95 Å². The Bertz CT molecular complexity index is 494. The molecule has 0 bridgehead atoms. The zero-order valence-electron chi connectivity index (χ0n) is 10.1. The molecule has 0 atom stereocenters. The highest BCUT2D eigenvalue weighted by Crippen LogP contribution is 2.12. The van der Waals surface area contributed by atoms with Gasteiger partial charge in [0, 0.05) is 12.3 Å². The number of nitrogen functional groups attached to an aromatic ring is 1. The monoisotopic (exact) mass is 228 g/mol. The lowest BCUT2D eigenvalue weighted by molar-refractivity contribution is 0.743. The summed E-state index contributed by atoms with van der Waals surface area (Å²) in [5, 5.41) is 0. The van der Waals surface area contributed by atoms with E-state index >= 15 is 0 Å². The maximum Gasteiger partial charge on any atom is 0.223 e. The Balaban J connectivity index is 2.27. The highest BCUT2D eigenvalue weighted by atomic mass is 15.1. The van der Waals surface area contributed by atoms with Crippen LogP contribution in [0.2, 0.25) is 0 Å². The molecule has 4 nitrogen and oxygen atoms in total. The van der Waals surface area contributed by atoms with E-state index in [-0.39, 0.29) is 5.92 Å². The third-order valence-electron chi connectivity index (χ3n) is 2.44. The number of anilines is 1. The minimum absolute atomic E-state index is 0.259. The fourth-order valence-corrected chi connectivity index (χ4v) is 1.57. The van der Waals surface area contributed by atoms with E-state index in [0.717, 1.165) is 11.6 Å². The van der Waals surface area contributed by atoms with Crippen LogP contribution in [0.15, 0.2) is 30.3 Å². The van der Waals surface area contributed by atoms with E-state index < -0.39 is 0 Å². The van der Waals surface area contributed by atoms with E-state index in [1.54, 1.807) is 0 Å². The molecule has 88 valence electrons. The molecule has 1 aromatic carbocycles. The number of nitrogens with two attached hydrogens (primary N) is 1. The molecule has 2 N–H and O–H groups in total. The normalized spacial score (nSPS) is 10.8. The number of rotatable bonds is 3. The van der Waals surface area contributed by atoms with Gasteiger partial charge in [0.05, 0.1) is 0 Å². The second-order valence-electron chi connectivity index (χ2n) is 4.29. The van der Waals surface area contributed by atoms with E-state index in [1.165, 1.54) is 5.56 Å². The van der Waals surface area contributed by atoms with Crippen molar-refractivity contribution in [2.75, 3.05) is 5.73 Å². The summed E-state index contributed by atoms with van der Waals surface area (Å²) < 4.78 is 0. The minimum atomic E-state index is 0.259. The first-order valence-corrected chi connectivity index (χ1v) is 5.69. The van der Waals surface area contributed by atoms with Gasteiger partial charge >= 0.3 is 0 Å². The van der Waals surface area contributed by atoms with Crippen molar-refractivity contribution in [3.05, 3.63) is 47.5 Å². The van der Waals surface area contributed by atoms with E-state index in [0.29, 0.717) is 12.4 Å². The lowest BCUT2D eigenvalue weighted by Gasteiger charge is -2.07. The fraction of sp³-hybridized carbons (Fsp3) is 0.308. The van der Waals surface area contributed by atoms with Crippen LogP contribution in [0.25, 0.3) is 0 Å². The molecular formula is C13H16N4. The van der Waals surface area contributed by atoms with E-state index in [1.807, 2.05) is 32.0 Å². The van der Waals surface area contributed by atoms with Crippen LogP contribution in [-0.2, 0) is 6.42 Å². The maximum atomic E-state index is 5.69. The summed E-state index contributed by atoms with van der Waals surface area (Å²) in [4.78, 5) is 12.7. The number of hydrogen-bond acceptors (Lipinski definition) is 4. The van der Waals surface area contributed by atoms with Gasteiger partial charge in [-0.25, -0.2) is 4.98 Å². The van der Waals surface area contributed by atoms with Crippen LogP contribution in [0.4, 0.5) is 5.95 Å². The Morgan fingerprint density at radius 1 is 1.06 bits per heavy atom. The van der Waals surface area contributed by atoms with Crippen LogP contribution in [0.3, 0.4) is 0 Å². The van der Waals surface area contributed by atoms with Crippen molar-refractivity contribution in [2.24, 2.45) is 0 Å². The van der Waals surface area contributed by atoms with Crippen molar-refractivity contribution in [1.82, 2.24) is 15.0 Å². The first-order chi connectivity index (χ1) is 8.15. The fourth-order valence-electron chi connectivity index (χ4n) is 1.57. The molecule has 0 saturated carbocycles. The van der Waals surface area contributed by atoms with Gasteiger partial charge in [0.1, 0.15) is 11.6 Å². The summed E-state index contributed by atoms with van der Waals surface area (Å²) in [7, 11) is 0. The van der Waals surface area contributed by atoms with E-state index in [9.17, 15) is 0 Å². The molecule has 0 unspecified atom stereocenters. The molecule has 0 spiro atoms. The smallest absolute Gasteiger partial charge is 0.223 e. The van der Waals surface area contributed by atoms with E-state index in [2.05, 4.69) is 27.1 Å². The van der Waals surface area contributed by atoms with Gasteiger partial charge in [0.15, 0.2) is 0 Å². The third kappa shape index (κ3) is 3.00. The van der Waals surface area contributed by atoms with Crippen LogP contribution in [0.1, 0.15) is 37.0 Å². The lowest BCUT2D eigenvalue weighted by Crippen LogP contribution is -2.08. The number of nitrogens with zero attached hydrogens (tertiary/aromatic N) is 3. The highest BCUT2D eigenvalue weighted by molar-refractivity contribution is 5.22. The molecule has 0 radical (unpaired) electrons. The number of hydrogen-bond donors (Lipinski definition) is 1. The van der Waals surface area contributed by atoms with Crippen molar-refractivity contribution >= 4 is 5.95 Å². The molecule has 1 heterocycles. The third-order valence-corrected chi connectivity index (χ3v) is 2.44. The van der Waals surface area contributed by atoms with Gasteiger partial charge in [0.25, 0.3) is 0 Å². The second-order valence-corrected chi connectivity index (χ2v) is 4.29. The summed E-state index contributed by atoms with van der Waals surface area (Å²) in [6.07, 6.45) is 0.688. The highest BCUT2D eigenvalue weighted by Gasteiger charge is 2.08. The second kappa shape index (κ2) is 4.91. The quantitative estimate of drug-likeness (QED) is 0.874. The standard InChI is InChI=1S/C13H16N4/c1-9(2)12-15-11(16-13(14)17-12)8-10-6-4-3-5-7-10/h3-7,9H,8H2,1-2H3,(H2,14,15,16,17). The average Bonchev–Trinajstić information content (AvgIpc) is 2.29. The van der Waals surface area contributed by atoms with Gasteiger partial charge < -0.3 is 5.73 Å². The van der Waals surface area contributed by atoms with Gasteiger partial charge in [-0.2, -0.15) is 9.97 Å². The molecule has 0 aliphatic rings. The molecule has 0 aliphatic carbocycles. The first-order valence-electron chi connectivity index (χ1n) is 5.69. The minimum Gasteiger partial charge on any atom is -0.368 e. The Morgan fingerprint density at radius 3 is 2.41 bits per heavy atom. The number of benzene rings is 1. The molecule has 0 aliphatic heterocycles. The molecule has 1 aromatic heterocycles. The molecule has 2 rings (SSSR count). The molecule has 0 fully saturated rings. The zero-order valence-corrected chi connectivity index (χ0v) is 10.1. The summed E-state index contributed by atoms with van der Waals surface area (Å²) in [5.41, 5.74) is 6.86. The SMILES string of the molecule is CC(C)c1nc(N)nc(Cc2ccccc2)n1. The Hall–Kier alpha value is -1.97. The van der Waals surface area contributed by atoms with Crippen LogP contribution < -0.4 is 5.73 Å². The summed E-state index contributed by atoms with van der Waals surface area (Å²) >= 11 is 0. The van der Waals surface area contributed by atoms with Crippen molar-refractivity contribution in [3.63, 3.8) is 0 Å². The predicted molar refractivity (Wildman–Crippen MR) is 67.6 cm³/mol. The molecule has 0 amide bonds. The summed E-state index contributed by atoms with van der Waals surface area (Å²) in [6.45, 7) is 4.09. The Kier molecular flexibility index (Phi) is 3.32. The first kappa shape index (κ1) is 11.5.